The first kappa shape index (κ1) is 25.8. The van der Waals surface area contributed by atoms with Gasteiger partial charge in [-0.05, 0) is 86.7 Å². The highest BCUT2D eigenvalue weighted by Gasteiger charge is 2.36. The van der Waals surface area contributed by atoms with Gasteiger partial charge in [-0.2, -0.15) is 0 Å². The number of hydrogen-bond acceptors (Lipinski definition) is 6. The lowest BCUT2D eigenvalue weighted by Gasteiger charge is -2.28. The van der Waals surface area contributed by atoms with Gasteiger partial charge in [0.05, 0.1) is 16.1 Å². The van der Waals surface area contributed by atoms with E-state index >= 15 is 0 Å². The molecule has 3 aromatic rings. The molecule has 38 heavy (non-hydrogen) atoms. The monoisotopic (exact) mass is 533 g/mol. The van der Waals surface area contributed by atoms with E-state index < -0.39 is 28.5 Å². The molecule has 1 saturated heterocycles. The fraction of sp³-hybridized carbons (Fsp3) is 0.310. The third-order valence-corrected chi connectivity index (χ3v) is 8.90. The molecule has 1 atom stereocenters. The van der Waals surface area contributed by atoms with Crippen LogP contribution >= 0.6 is 0 Å². The van der Waals surface area contributed by atoms with E-state index in [0.29, 0.717) is 17.8 Å². The normalized spacial score (nSPS) is 17.1. The maximum absolute atomic E-state index is 13.5. The molecule has 0 saturated carbocycles. The predicted molar refractivity (Wildman–Crippen MR) is 147 cm³/mol. The van der Waals surface area contributed by atoms with Crippen LogP contribution in [0.25, 0.3) is 0 Å². The lowest BCUT2D eigenvalue weighted by molar-refractivity contribution is -0.119. The molecule has 5 rings (SSSR count). The van der Waals surface area contributed by atoms with Crippen LogP contribution in [0.4, 0.5) is 17.1 Å². The third kappa shape index (κ3) is 5.38. The number of amides is 1. The third-order valence-electron chi connectivity index (χ3n) is 6.98. The summed E-state index contributed by atoms with van der Waals surface area (Å²) < 4.78 is 33.6. The van der Waals surface area contributed by atoms with Crippen molar-refractivity contribution in [1.82, 2.24) is 0 Å². The Labute approximate surface area is 223 Å². The van der Waals surface area contributed by atoms with Crippen molar-refractivity contribution in [3.63, 3.8) is 0 Å². The van der Waals surface area contributed by atoms with Crippen molar-refractivity contribution >= 4 is 39.0 Å². The number of ether oxygens (including phenoxy) is 1. The van der Waals surface area contributed by atoms with Gasteiger partial charge in [-0.3, -0.25) is 9.10 Å². The molecule has 1 fully saturated rings. The molecule has 9 heteroatoms. The van der Waals surface area contributed by atoms with Crippen molar-refractivity contribution in [3.05, 3.63) is 83.9 Å². The smallest absolute Gasteiger partial charge is 0.338 e. The Morgan fingerprint density at radius 2 is 1.68 bits per heavy atom. The highest BCUT2D eigenvalue weighted by molar-refractivity contribution is 7.92. The highest BCUT2D eigenvalue weighted by Crippen LogP contribution is 2.36. The van der Waals surface area contributed by atoms with Crippen LogP contribution in [-0.2, 0) is 26.0 Å². The molecule has 1 N–H and O–H groups in total. The minimum Gasteiger partial charge on any atom is -0.452 e. The SMILES string of the molecule is C[C@@H]1Cc2ccccc2N1S(=O)(=O)c1cccc(C(=O)OCC(=O)Nc2ccc(N3CCCCC3)cc2)c1. The maximum Gasteiger partial charge on any atom is 0.338 e. The summed E-state index contributed by atoms with van der Waals surface area (Å²) in [5.74, 6) is -1.25. The number of rotatable bonds is 7. The fourth-order valence-electron chi connectivity index (χ4n) is 5.12. The first-order valence-electron chi connectivity index (χ1n) is 12.9. The Kier molecular flexibility index (Phi) is 7.37. The molecule has 0 radical (unpaired) electrons. The number of benzene rings is 3. The number of para-hydroxylation sites is 1. The molecule has 0 aromatic heterocycles. The second kappa shape index (κ2) is 10.9. The summed E-state index contributed by atoms with van der Waals surface area (Å²) >= 11 is 0. The Morgan fingerprint density at radius 3 is 2.45 bits per heavy atom. The standard InChI is InChI=1S/C29H31N3O5S/c1-21-18-22-8-3-4-11-27(22)32(21)38(35,36)26-10-7-9-23(19-26)29(34)37-20-28(33)30-24-12-14-25(15-13-24)31-16-5-2-6-17-31/h3-4,7-15,19,21H,2,5-6,16-18,20H2,1H3,(H,30,33)/t21-/m1/s1. The summed E-state index contributed by atoms with van der Waals surface area (Å²) in [6.45, 7) is 3.44. The largest absolute Gasteiger partial charge is 0.452 e. The Morgan fingerprint density at radius 1 is 0.947 bits per heavy atom. The van der Waals surface area contributed by atoms with Gasteiger partial charge < -0.3 is 15.0 Å². The number of carbonyl (C=O) groups is 2. The molecule has 2 aliphatic rings. The fourth-order valence-corrected chi connectivity index (χ4v) is 6.86. The molecule has 2 heterocycles. The first-order valence-corrected chi connectivity index (χ1v) is 14.3. The second-order valence-electron chi connectivity index (χ2n) is 9.73. The molecule has 0 bridgehead atoms. The van der Waals surface area contributed by atoms with Gasteiger partial charge in [-0.1, -0.05) is 24.3 Å². The van der Waals surface area contributed by atoms with Crippen LogP contribution in [0.1, 0.15) is 42.1 Å². The van der Waals surface area contributed by atoms with E-state index in [2.05, 4.69) is 10.2 Å². The molecule has 0 aliphatic carbocycles. The summed E-state index contributed by atoms with van der Waals surface area (Å²) in [6.07, 6.45) is 4.25. The van der Waals surface area contributed by atoms with E-state index in [4.69, 9.17) is 4.74 Å². The van der Waals surface area contributed by atoms with Crippen molar-refractivity contribution < 1.29 is 22.7 Å². The van der Waals surface area contributed by atoms with E-state index in [1.807, 2.05) is 43.3 Å². The van der Waals surface area contributed by atoms with Gasteiger partial charge in [0.1, 0.15) is 0 Å². The molecule has 0 spiro atoms. The van der Waals surface area contributed by atoms with Gasteiger partial charge >= 0.3 is 5.97 Å². The highest BCUT2D eigenvalue weighted by atomic mass is 32.2. The molecule has 8 nitrogen and oxygen atoms in total. The summed E-state index contributed by atoms with van der Waals surface area (Å²) in [5, 5.41) is 2.73. The number of hydrogen-bond donors (Lipinski definition) is 1. The molecule has 2 aliphatic heterocycles. The summed E-state index contributed by atoms with van der Waals surface area (Å²) in [6, 6.07) is 20.5. The van der Waals surface area contributed by atoms with Crippen LogP contribution in [0.2, 0.25) is 0 Å². The van der Waals surface area contributed by atoms with Gasteiger partial charge in [0.25, 0.3) is 15.9 Å². The lowest BCUT2D eigenvalue weighted by Crippen LogP contribution is -2.35. The molecule has 1 amide bonds. The van der Waals surface area contributed by atoms with E-state index in [1.54, 1.807) is 12.1 Å². The van der Waals surface area contributed by atoms with Gasteiger partial charge in [-0.15, -0.1) is 0 Å². The number of piperidine rings is 1. The Hall–Kier alpha value is -3.85. The van der Waals surface area contributed by atoms with Gasteiger partial charge in [0.15, 0.2) is 6.61 Å². The number of nitrogens with one attached hydrogen (secondary N) is 1. The lowest BCUT2D eigenvalue weighted by atomic mass is 10.1. The van der Waals surface area contributed by atoms with Crippen LogP contribution in [0.3, 0.4) is 0 Å². The summed E-state index contributed by atoms with van der Waals surface area (Å²) in [5.41, 5.74) is 3.40. The van der Waals surface area contributed by atoms with Gasteiger partial charge in [-0.25, -0.2) is 13.2 Å². The van der Waals surface area contributed by atoms with E-state index in [1.165, 1.54) is 47.8 Å². The average molecular weight is 534 g/mol. The van der Waals surface area contributed by atoms with Crippen molar-refractivity contribution in [1.29, 1.82) is 0 Å². The van der Waals surface area contributed by atoms with Crippen molar-refractivity contribution in [2.75, 3.05) is 34.2 Å². The average Bonchev–Trinajstić information content (AvgIpc) is 3.29. The van der Waals surface area contributed by atoms with E-state index in [9.17, 15) is 18.0 Å². The maximum atomic E-state index is 13.5. The molecule has 0 unspecified atom stereocenters. The van der Waals surface area contributed by atoms with Gasteiger partial charge in [0, 0.05) is 30.5 Å². The number of sulfonamides is 1. The number of nitrogens with zero attached hydrogens (tertiary/aromatic N) is 2. The van der Waals surface area contributed by atoms with Crippen molar-refractivity contribution in [2.24, 2.45) is 0 Å². The number of carbonyl (C=O) groups excluding carboxylic acids is 2. The van der Waals surface area contributed by atoms with Crippen LogP contribution in [0, 0.1) is 0 Å². The minimum absolute atomic E-state index is 0.00579. The van der Waals surface area contributed by atoms with Crippen molar-refractivity contribution in [3.8, 4) is 0 Å². The topological polar surface area (TPSA) is 96.0 Å². The Balaban J connectivity index is 1.20. The quantitative estimate of drug-likeness (QED) is 0.446. The minimum atomic E-state index is -3.90. The van der Waals surface area contributed by atoms with Crippen LogP contribution < -0.4 is 14.5 Å². The predicted octanol–water partition coefficient (Wildman–Crippen LogP) is 4.61. The van der Waals surface area contributed by atoms with E-state index in [0.717, 1.165) is 24.3 Å². The molecule has 198 valence electrons. The van der Waals surface area contributed by atoms with E-state index in [-0.39, 0.29) is 16.5 Å². The summed E-state index contributed by atoms with van der Waals surface area (Å²) in [4.78, 5) is 27.4. The van der Waals surface area contributed by atoms with Gasteiger partial charge in [0.2, 0.25) is 0 Å². The second-order valence-corrected chi connectivity index (χ2v) is 11.5. The molecular weight excluding hydrogens is 502 g/mol. The number of anilines is 3. The molecule has 3 aromatic carbocycles. The first-order chi connectivity index (χ1) is 18.3. The number of esters is 1. The number of fused-ring (bicyclic) bond motifs is 1. The van der Waals surface area contributed by atoms with Crippen LogP contribution in [0.15, 0.2) is 77.7 Å². The zero-order chi connectivity index (χ0) is 26.7. The van der Waals surface area contributed by atoms with Crippen molar-refractivity contribution in [2.45, 2.75) is 43.5 Å². The Bertz CT molecular complexity index is 1430. The summed E-state index contributed by atoms with van der Waals surface area (Å²) in [7, 11) is -3.90. The zero-order valence-corrected chi connectivity index (χ0v) is 22.1. The van der Waals surface area contributed by atoms with Crippen LogP contribution in [-0.4, -0.2) is 46.0 Å². The molecular formula is C29H31N3O5S. The van der Waals surface area contributed by atoms with Crippen LogP contribution in [0.5, 0.6) is 0 Å². The zero-order valence-electron chi connectivity index (χ0n) is 21.3.